The van der Waals surface area contributed by atoms with Crippen molar-refractivity contribution in [2.45, 2.75) is 13.8 Å². The molecular formula is C16H16N2O5S. The lowest BCUT2D eigenvalue weighted by atomic mass is 9.95. The molecule has 1 heterocycles. The van der Waals surface area contributed by atoms with Crippen LogP contribution in [-0.4, -0.2) is 34.8 Å². The van der Waals surface area contributed by atoms with Gasteiger partial charge in [-0.05, 0) is 32.1 Å². The predicted molar refractivity (Wildman–Crippen MR) is 89.1 cm³/mol. The second-order valence-electron chi connectivity index (χ2n) is 4.58. The molecule has 126 valence electrons. The Kier molecular flexibility index (Phi) is 7.76. The highest BCUT2D eigenvalue weighted by molar-refractivity contribution is 7.73. The summed E-state index contributed by atoms with van der Waals surface area (Å²) in [5.41, 5.74) is 2.03. The van der Waals surface area contributed by atoms with E-state index < -0.39 is 11.4 Å². The fourth-order valence-corrected chi connectivity index (χ4v) is 1.82. The van der Waals surface area contributed by atoms with E-state index in [1.807, 2.05) is 19.9 Å². The molecular weight excluding hydrogens is 332 g/mol. The van der Waals surface area contributed by atoms with Crippen LogP contribution in [0.5, 0.6) is 0 Å². The summed E-state index contributed by atoms with van der Waals surface area (Å²) >= 11 is -2.61. The normalized spacial score (nSPS) is 11.9. The van der Waals surface area contributed by atoms with Crippen LogP contribution < -0.4 is 0 Å². The van der Waals surface area contributed by atoms with Gasteiger partial charge in [0.15, 0.2) is 11.6 Å². The van der Waals surface area contributed by atoms with Gasteiger partial charge in [0.2, 0.25) is 0 Å². The number of benzene rings is 1. The Bertz CT molecular complexity index is 731. The molecule has 1 aliphatic carbocycles. The zero-order valence-electron chi connectivity index (χ0n) is 13.0. The van der Waals surface area contributed by atoms with Crippen molar-refractivity contribution in [3.8, 4) is 0 Å². The molecule has 0 spiro atoms. The number of rotatable bonds is 0. The van der Waals surface area contributed by atoms with Crippen LogP contribution >= 0.6 is 0 Å². The summed E-state index contributed by atoms with van der Waals surface area (Å²) in [5, 5.41) is 0. The van der Waals surface area contributed by atoms with Crippen LogP contribution in [0.1, 0.15) is 32.2 Å². The van der Waals surface area contributed by atoms with Gasteiger partial charge in [0, 0.05) is 23.0 Å². The molecule has 0 bridgehead atoms. The van der Waals surface area contributed by atoms with E-state index in [4.69, 9.17) is 13.3 Å². The molecule has 1 aromatic carbocycles. The second kappa shape index (κ2) is 9.56. The zero-order valence-corrected chi connectivity index (χ0v) is 13.9. The van der Waals surface area contributed by atoms with E-state index >= 15 is 0 Å². The maximum atomic E-state index is 11.2. The molecule has 3 rings (SSSR count). The van der Waals surface area contributed by atoms with Gasteiger partial charge in [-0.15, -0.1) is 0 Å². The molecule has 0 saturated carbocycles. The third-order valence-electron chi connectivity index (χ3n) is 2.76. The summed E-state index contributed by atoms with van der Waals surface area (Å²) in [6.45, 7) is 3.84. The molecule has 2 N–H and O–H groups in total. The second-order valence-corrected chi connectivity index (χ2v) is 5.04. The number of fused-ring (bicyclic) bond motifs is 1. The highest BCUT2D eigenvalue weighted by atomic mass is 32.2. The van der Waals surface area contributed by atoms with E-state index in [0.717, 1.165) is 11.5 Å². The molecule has 24 heavy (non-hydrogen) atoms. The molecule has 0 amide bonds. The number of hydrogen-bond acceptors (Lipinski definition) is 5. The first-order valence-corrected chi connectivity index (χ1v) is 7.79. The Morgan fingerprint density at radius 3 is 1.71 bits per heavy atom. The van der Waals surface area contributed by atoms with Crippen LogP contribution in [0.4, 0.5) is 0 Å². The molecule has 1 aliphatic rings. The number of carbonyl (C=O) groups is 2. The van der Waals surface area contributed by atoms with Gasteiger partial charge in [-0.3, -0.25) is 18.7 Å². The van der Waals surface area contributed by atoms with Gasteiger partial charge in [-0.1, -0.05) is 24.3 Å². The minimum absolute atomic E-state index is 0.0924. The van der Waals surface area contributed by atoms with Crippen molar-refractivity contribution in [3.63, 3.8) is 0 Å². The van der Waals surface area contributed by atoms with Crippen molar-refractivity contribution >= 4 is 22.9 Å². The van der Waals surface area contributed by atoms with Crippen LogP contribution in [0.3, 0.4) is 0 Å². The molecule has 0 unspecified atom stereocenters. The first-order chi connectivity index (χ1) is 11.3. The molecule has 1 aromatic heterocycles. The van der Waals surface area contributed by atoms with Crippen molar-refractivity contribution in [2.75, 3.05) is 0 Å². The SMILES string of the molecule is Cc1ccnc(C)n1.O=C1C=CC(=O)c2ccccc21.O=S(O)O. The standard InChI is InChI=1S/C10H6O2.C6H8N2.H2O3S/c11-9-5-6-10(12)8-4-2-1-3-7(8)9;1-5-3-4-7-6(2)8-5;1-4(2)3/h1-6H;3-4H,1-2H3;(H2,1,2,3). The van der Waals surface area contributed by atoms with Crippen molar-refractivity contribution in [1.29, 1.82) is 0 Å². The average molecular weight is 348 g/mol. The van der Waals surface area contributed by atoms with Crippen molar-refractivity contribution in [3.05, 3.63) is 71.3 Å². The summed E-state index contributed by atoms with van der Waals surface area (Å²) < 4.78 is 22.8. The maximum absolute atomic E-state index is 11.2. The summed E-state index contributed by atoms with van der Waals surface area (Å²) in [4.78, 5) is 30.4. The van der Waals surface area contributed by atoms with E-state index in [2.05, 4.69) is 9.97 Å². The van der Waals surface area contributed by atoms with Gasteiger partial charge < -0.3 is 0 Å². The number of aromatic nitrogens is 2. The molecule has 0 aliphatic heterocycles. The Morgan fingerprint density at radius 1 is 0.917 bits per heavy atom. The third kappa shape index (κ3) is 6.69. The van der Waals surface area contributed by atoms with Gasteiger partial charge >= 0.3 is 0 Å². The lowest BCUT2D eigenvalue weighted by molar-refractivity contribution is 0.0994. The van der Waals surface area contributed by atoms with E-state index in [1.54, 1.807) is 30.5 Å². The topological polar surface area (TPSA) is 117 Å². The van der Waals surface area contributed by atoms with Gasteiger partial charge in [0.25, 0.3) is 11.4 Å². The van der Waals surface area contributed by atoms with E-state index in [9.17, 15) is 9.59 Å². The van der Waals surface area contributed by atoms with E-state index in [0.29, 0.717) is 11.1 Å². The van der Waals surface area contributed by atoms with Crippen molar-refractivity contribution < 1.29 is 22.9 Å². The van der Waals surface area contributed by atoms with Crippen molar-refractivity contribution in [2.24, 2.45) is 0 Å². The highest BCUT2D eigenvalue weighted by Crippen LogP contribution is 2.15. The Labute approximate surface area is 141 Å². The fraction of sp³-hybridized carbons (Fsp3) is 0.125. The maximum Gasteiger partial charge on any atom is 0.299 e. The predicted octanol–water partition coefficient (Wildman–Crippen LogP) is 2.40. The number of carbonyl (C=O) groups excluding carboxylic acids is 2. The monoisotopic (exact) mass is 348 g/mol. The van der Waals surface area contributed by atoms with Gasteiger partial charge in [-0.25, -0.2) is 9.97 Å². The van der Waals surface area contributed by atoms with E-state index in [1.165, 1.54) is 12.2 Å². The summed E-state index contributed by atoms with van der Waals surface area (Å²) in [7, 11) is 0. The summed E-state index contributed by atoms with van der Waals surface area (Å²) in [6, 6.07) is 8.72. The molecule has 7 nitrogen and oxygen atoms in total. The summed E-state index contributed by atoms with van der Waals surface area (Å²) in [6.07, 6.45) is 4.38. The number of allylic oxidation sites excluding steroid dienone is 2. The highest BCUT2D eigenvalue weighted by Gasteiger charge is 2.16. The Balaban J connectivity index is 0.000000208. The van der Waals surface area contributed by atoms with Gasteiger partial charge in [0.05, 0.1) is 0 Å². The minimum atomic E-state index is -2.61. The average Bonchev–Trinajstić information content (AvgIpc) is 2.51. The first kappa shape index (κ1) is 19.5. The van der Waals surface area contributed by atoms with Crippen LogP contribution in [0.15, 0.2) is 48.7 Å². The number of nitrogens with zero attached hydrogens (tertiary/aromatic N) is 2. The van der Waals surface area contributed by atoms with Crippen LogP contribution in [0.25, 0.3) is 0 Å². The molecule has 0 fully saturated rings. The van der Waals surface area contributed by atoms with Gasteiger partial charge in [-0.2, -0.15) is 4.21 Å². The largest absolute Gasteiger partial charge is 0.299 e. The lowest BCUT2D eigenvalue weighted by Gasteiger charge is -2.06. The fourth-order valence-electron chi connectivity index (χ4n) is 1.82. The molecule has 8 heteroatoms. The van der Waals surface area contributed by atoms with Crippen LogP contribution in [0.2, 0.25) is 0 Å². The quantitative estimate of drug-likeness (QED) is 0.702. The Hall–Kier alpha value is -2.55. The van der Waals surface area contributed by atoms with Gasteiger partial charge in [0.1, 0.15) is 5.82 Å². The van der Waals surface area contributed by atoms with Crippen molar-refractivity contribution in [1.82, 2.24) is 9.97 Å². The zero-order chi connectivity index (χ0) is 18.1. The van der Waals surface area contributed by atoms with E-state index in [-0.39, 0.29) is 11.6 Å². The number of aryl methyl sites for hydroxylation is 2. The summed E-state index contributed by atoms with van der Waals surface area (Å²) in [5.74, 6) is 0.653. The minimum Gasteiger partial charge on any atom is -0.289 e. The number of ketones is 2. The van der Waals surface area contributed by atoms with Crippen LogP contribution in [-0.2, 0) is 11.4 Å². The Morgan fingerprint density at radius 2 is 1.38 bits per heavy atom. The molecule has 0 saturated heterocycles. The van der Waals surface area contributed by atoms with Crippen LogP contribution in [0, 0.1) is 13.8 Å². The molecule has 0 radical (unpaired) electrons. The molecule has 2 aromatic rings. The smallest absolute Gasteiger partial charge is 0.289 e. The lowest BCUT2D eigenvalue weighted by Crippen LogP contribution is -2.10. The third-order valence-corrected chi connectivity index (χ3v) is 2.76. The molecule has 0 atom stereocenters. The number of hydrogen-bond donors (Lipinski definition) is 2. The first-order valence-electron chi connectivity index (χ1n) is 6.73.